The zero-order chi connectivity index (χ0) is 22.0. The molecule has 6 heteroatoms. The lowest BCUT2D eigenvalue weighted by Crippen LogP contribution is -2.04. The number of halogens is 1. The summed E-state index contributed by atoms with van der Waals surface area (Å²) in [6, 6.07) is 19.9. The van der Waals surface area contributed by atoms with Gasteiger partial charge in [-0.25, -0.2) is 9.18 Å². The molecule has 0 aliphatic heterocycles. The van der Waals surface area contributed by atoms with Crippen molar-refractivity contribution >= 4 is 5.97 Å². The highest BCUT2D eigenvalue weighted by molar-refractivity contribution is 5.90. The van der Waals surface area contributed by atoms with Crippen LogP contribution in [0.15, 0.2) is 71.3 Å². The Hall–Kier alpha value is -3.93. The van der Waals surface area contributed by atoms with Gasteiger partial charge in [0.15, 0.2) is 5.76 Å². The van der Waals surface area contributed by atoms with E-state index in [1.54, 1.807) is 19.2 Å². The van der Waals surface area contributed by atoms with Gasteiger partial charge in [-0.05, 0) is 41.8 Å². The summed E-state index contributed by atoms with van der Waals surface area (Å²) in [5.41, 5.74) is 4.64. The van der Waals surface area contributed by atoms with Gasteiger partial charge in [-0.2, -0.15) is 0 Å². The Morgan fingerprint density at radius 1 is 0.935 bits per heavy atom. The van der Waals surface area contributed by atoms with Gasteiger partial charge in [-0.3, -0.25) is 0 Å². The number of aromatic nitrogens is 1. The highest BCUT2D eigenvalue weighted by atomic mass is 19.1. The third-order valence-corrected chi connectivity index (χ3v) is 5.14. The number of nitrogens with zero attached hydrogens (tertiary/aromatic N) is 1. The number of benzene rings is 3. The molecule has 0 spiro atoms. The molecule has 5 nitrogen and oxygen atoms in total. The zero-order valence-electron chi connectivity index (χ0n) is 17.3. The van der Waals surface area contributed by atoms with Crippen LogP contribution in [0.4, 0.5) is 4.39 Å². The van der Waals surface area contributed by atoms with Gasteiger partial charge < -0.3 is 14.0 Å². The molecule has 1 heterocycles. The van der Waals surface area contributed by atoms with Gasteiger partial charge in [0.2, 0.25) is 0 Å². The fraction of sp³-hybridized carbons (Fsp3) is 0.120. The molecule has 0 saturated carbocycles. The molecule has 0 unspecified atom stereocenters. The van der Waals surface area contributed by atoms with Crippen molar-refractivity contribution in [1.29, 1.82) is 0 Å². The average molecular weight is 417 g/mol. The molecule has 0 saturated heterocycles. The minimum absolute atomic E-state index is 0.135. The van der Waals surface area contributed by atoms with Crippen molar-refractivity contribution in [3.63, 3.8) is 0 Å². The average Bonchev–Trinajstić information content (AvgIpc) is 3.29. The summed E-state index contributed by atoms with van der Waals surface area (Å²) < 4.78 is 30.1. The SMILES string of the molecule is COC(=O)c1ccc(-c2cc(-c3ccc(-c4ccccc4)c(C)c3OC)on2)cc1F. The van der Waals surface area contributed by atoms with Crippen LogP contribution in [-0.2, 0) is 4.74 Å². The summed E-state index contributed by atoms with van der Waals surface area (Å²) >= 11 is 0. The highest BCUT2D eigenvalue weighted by Crippen LogP contribution is 2.39. The van der Waals surface area contributed by atoms with Crippen molar-refractivity contribution in [2.45, 2.75) is 6.92 Å². The molecule has 3 aromatic carbocycles. The van der Waals surface area contributed by atoms with E-state index in [4.69, 9.17) is 9.26 Å². The van der Waals surface area contributed by atoms with Crippen LogP contribution in [0.3, 0.4) is 0 Å². The van der Waals surface area contributed by atoms with Crippen LogP contribution in [0, 0.1) is 12.7 Å². The third kappa shape index (κ3) is 3.80. The first-order valence-electron chi connectivity index (χ1n) is 9.61. The predicted molar refractivity (Wildman–Crippen MR) is 115 cm³/mol. The summed E-state index contributed by atoms with van der Waals surface area (Å²) in [5.74, 6) is -0.249. The molecule has 0 radical (unpaired) electrons. The van der Waals surface area contributed by atoms with Crippen molar-refractivity contribution in [1.82, 2.24) is 5.16 Å². The third-order valence-electron chi connectivity index (χ3n) is 5.14. The van der Waals surface area contributed by atoms with Crippen molar-refractivity contribution < 1.29 is 23.2 Å². The van der Waals surface area contributed by atoms with Gasteiger partial charge in [0.1, 0.15) is 17.3 Å². The molecule has 31 heavy (non-hydrogen) atoms. The molecule has 0 amide bonds. The van der Waals surface area contributed by atoms with Crippen molar-refractivity contribution in [2.75, 3.05) is 14.2 Å². The lowest BCUT2D eigenvalue weighted by atomic mass is 9.96. The normalized spacial score (nSPS) is 10.7. The van der Waals surface area contributed by atoms with Gasteiger partial charge in [0.25, 0.3) is 0 Å². The molecule has 0 bridgehead atoms. The predicted octanol–water partition coefficient (Wildman–Crippen LogP) is 5.92. The first-order valence-corrected chi connectivity index (χ1v) is 9.61. The maximum Gasteiger partial charge on any atom is 0.340 e. The Morgan fingerprint density at radius 3 is 2.35 bits per heavy atom. The number of carbonyl (C=O) groups excluding carboxylic acids is 1. The molecule has 0 N–H and O–H groups in total. The van der Waals surface area contributed by atoms with Gasteiger partial charge in [0.05, 0.1) is 25.3 Å². The molecular weight excluding hydrogens is 397 g/mol. The Kier molecular flexibility index (Phi) is 5.54. The van der Waals surface area contributed by atoms with E-state index < -0.39 is 11.8 Å². The quantitative estimate of drug-likeness (QED) is 0.377. The fourth-order valence-corrected chi connectivity index (χ4v) is 3.57. The Morgan fingerprint density at radius 2 is 1.68 bits per heavy atom. The standard InChI is InChI=1S/C25H20FNO4/c1-15-18(16-7-5-4-6-8-16)11-12-20(24(15)29-2)23-14-22(27-31-23)17-9-10-19(21(26)13-17)25(28)30-3/h4-14H,1-3H3. The molecule has 0 fully saturated rings. The fourth-order valence-electron chi connectivity index (χ4n) is 3.57. The minimum atomic E-state index is -0.733. The Bertz CT molecular complexity index is 1250. The van der Waals surface area contributed by atoms with Crippen molar-refractivity contribution in [3.8, 4) is 39.5 Å². The van der Waals surface area contributed by atoms with Crippen LogP contribution < -0.4 is 4.74 Å². The van der Waals surface area contributed by atoms with E-state index >= 15 is 0 Å². The topological polar surface area (TPSA) is 61.6 Å². The monoisotopic (exact) mass is 417 g/mol. The van der Waals surface area contributed by atoms with E-state index in [0.29, 0.717) is 22.8 Å². The second-order valence-electron chi connectivity index (χ2n) is 6.95. The van der Waals surface area contributed by atoms with Gasteiger partial charge in [-0.15, -0.1) is 0 Å². The number of hydrogen-bond donors (Lipinski definition) is 0. The number of methoxy groups -OCH3 is 2. The van der Waals surface area contributed by atoms with Crippen LogP contribution in [0.2, 0.25) is 0 Å². The van der Waals surface area contributed by atoms with E-state index in [0.717, 1.165) is 22.3 Å². The minimum Gasteiger partial charge on any atom is -0.496 e. The van der Waals surface area contributed by atoms with E-state index in [-0.39, 0.29) is 5.56 Å². The summed E-state index contributed by atoms with van der Waals surface area (Å²) in [6.07, 6.45) is 0. The number of carbonyl (C=O) groups is 1. The molecule has 0 atom stereocenters. The largest absolute Gasteiger partial charge is 0.496 e. The molecule has 1 aromatic heterocycles. The van der Waals surface area contributed by atoms with Crippen molar-refractivity contribution in [2.24, 2.45) is 0 Å². The molecule has 4 aromatic rings. The Labute approximate surface area is 179 Å². The number of ether oxygens (including phenoxy) is 2. The van der Waals surface area contributed by atoms with E-state index in [9.17, 15) is 9.18 Å². The van der Waals surface area contributed by atoms with Crippen molar-refractivity contribution in [3.05, 3.63) is 83.7 Å². The maximum atomic E-state index is 14.3. The lowest BCUT2D eigenvalue weighted by molar-refractivity contribution is 0.0595. The summed E-state index contributed by atoms with van der Waals surface area (Å²) in [5, 5.41) is 4.07. The molecule has 4 rings (SSSR count). The first-order chi connectivity index (χ1) is 15.0. The van der Waals surface area contributed by atoms with Crippen LogP contribution >= 0.6 is 0 Å². The van der Waals surface area contributed by atoms with Crippen LogP contribution in [0.5, 0.6) is 5.75 Å². The lowest BCUT2D eigenvalue weighted by Gasteiger charge is -2.14. The molecule has 0 aliphatic rings. The second kappa shape index (κ2) is 8.44. The van der Waals surface area contributed by atoms with Gasteiger partial charge >= 0.3 is 5.97 Å². The summed E-state index contributed by atoms with van der Waals surface area (Å²) in [7, 11) is 2.82. The number of esters is 1. The summed E-state index contributed by atoms with van der Waals surface area (Å²) in [6.45, 7) is 1.99. The smallest absolute Gasteiger partial charge is 0.340 e. The van der Waals surface area contributed by atoms with Gasteiger partial charge in [-0.1, -0.05) is 47.6 Å². The molecule has 156 valence electrons. The molecule has 0 aliphatic carbocycles. The Balaban J connectivity index is 1.72. The van der Waals surface area contributed by atoms with E-state index in [1.165, 1.54) is 19.2 Å². The summed E-state index contributed by atoms with van der Waals surface area (Å²) in [4.78, 5) is 11.6. The number of rotatable bonds is 5. The van der Waals surface area contributed by atoms with Gasteiger partial charge in [0, 0.05) is 11.6 Å². The first kappa shape index (κ1) is 20.3. The maximum absolute atomic E-state index is 14.3. The second-order valence-corrected chi connectivity index (χ2v) is 6.95. The zero-order valence-corrected chi connectivity index (χ0v) is 17.3. The van der Waals surface area contributed by atoms with Crippen LogP contribution in [0.25, 0.3) is 33.7 Å². The van der Waals surface area contributed by atoms with E-state index in [1.807, 2.05) is 49.4 Å². The van der Waals surface area contributed by atoms with Crippen LogP contribution in [-0.4, -0.2) is 25.3 Å². The highest BCUT2D eigenvalue weighted by Gasteiger charge is 2.19. The van der Waals surface area contributed by atoms with E-state index in [2.05, 4.69) is 9.89 Å². The number of hydrogen-bond acceptors (Lipinski definition) is 5. The molecular formula is C25H20FNO4. The van der Waals surface area contributed by atoms with Crippen LogP contribution in [0.1, 0.15) is 15.9 Å².